The number of benzene rings is 1. The first-order chi connectivity index (χ1) is 7.52. The van der Waals surface area contributed by atoms with Gasteiger partial charge in [0.2, 0.25) is 0 Å². The summed E-state index contributed by atoms with van der Waals surface area (Å²) in [5.74, 6) is 0. The molecule has 0 aliphatic rings. The van der Waals surface area contributed by atoms with Crippen molar-refractivity contribution in [3.05, 3.63) is 49.3 Å². The Morgan fingerprint density at radius 3 is 2.75 bits per heavy atom. The summed E-state index contributed by atoms with van der Waals surface area (Å²) in [6.45, 7) is 1.74. The molecule has 16 heavy (non-hydrogen) atoms. The predicted molar refractivity (Wildman–Crippen MR) is 61.0 cm³/mol. The lowest BCUT2D eigenvalue weighted by Gasteiger charge is -2.03. The number of fused-ring (bicyclic) bond motifs is 1. The Bertz CT molecular complexity index is 648. The van der Waals surface area contributed by atoms with Crippen molar-refractivity contribution >= 4 is 28.2 Å². The van der Waals surface area contributed by atoms with E-state index in [-0.39, 0.29) is 5.39 Å². The zero-order chi connectivity index (χ0) is 11.9. The molecule has 0 aliphatic carbocycles. The summed E-state index contributed by atoms with van der Waals surface area (Å²) in [4.78, 5) is 24.3. The number of nitro groups is 1. The second kappa shape index (κ2) is 3.61. The topological polar surface area (TPSA) is 76.0 Å². The highest BCUT2D eigenvalue weighted by atomic mass is 35.5. The second-order valence-electron chi connectivity index (χ2n) is 3.36. The van der Waals surface area contributed by atoms with Crippen LogP contribution in [0.4, 0.5) is 5.69 Å². The average molecular weight is 239 g/mol. The molecule has 1 aromatic heterocycles. The van der Waals surface area contributed by atoms with Crippen LogP contribution in [0.25, 0.3) is 10.9 Å². The van der Waals surface area contributed by atoms with E-state index in [9.17, 15) is 14.9 Å². The van der Waals surface area contributed by atoms with E-state index < -0.39 is 16.0 Å². The van der Waals surface area contributed by atoms with Crippen LogP contribution in [0.15, 0.2) is 23.1 Å². The maximum Gasteiger partial charge on any atom is 0.332 e. The first-order valence-corrected chi connectivity index (χ1v) is 4.85. The maximum absolute atomic E-state index is 11.7. The molecular formula is C10H7ClN2O3. The van der Waals surface area contributed by atoms with Crippen LogP contribution >= 0.6 is 11.6 Å². The van der Waals surface area contributed by atoms with E-state index in [1.165, 1.54) is 6.07 Å². The van der Waals surface area contributed by atoms with Gasteiger partial charge in [-0.05, 0) is 24.6 Å². The summed E-state index contributed by atoms with van der Waals surface area (Å²) in [6, 6.07) is 3.04. The van der Waals surface area contributed by atoms with Gasteiger partial charge in [-0.15, -0.1) is 0 Å². The van der Waals surface area contributed by atoms with Gasteiger partial charge in [-0.25, -0.2) is 0 Å². The van der Waals surface area contributed by atoms with Crippen molar-refractivity contribution in [2.45, 2.75) is 6.92 Å². The molecule has 1 N–H and O–H groups in total. The van der Waals surface area contributed by atoms with E-state index in [0.717, 1.165) is 6.20 Å². The summed E-state index contributed by atoms with van der Waals surface area (Å²) in [7, 11) is 0. The lowest BCUT2D eigenvalue weighted by Crippen LogP contribution is -2.09. The molecule has 1 heterocycles. The number of halogens is 1. The summed E-state index contributed by atoms with van der Waals surface area (Å²) >= 11 is 5.89. The number of hydrogen-bond acceptors (Lipinski definition) is 3. The van der Waals surface area contributed by atoms with Crippen LogP contribution in [-0.4, -0.2) is 9.91 Å². The number of aromatic amines is 1. The molecule has 5 nitrogen and oxygen atoms in total. The van der Waals surface area contributed by atoms with Gasteiger partial charge in [0.25, 0.3) is 5.43 Å². The van der Waals surface area contributed by atoms with Crippen LogP contribution in [-0.2, 0) is 0 Å². The number of nitrogens with one attached hydrogen (secondary N) is 1. The Kier molecular flexibility index (Phi) is 2.40. The summed E-state index contributed by atoms with van der Waals surface area (Å²) < 4.78 is 0. The van der Waals surface area contributed by atoms with Gasteiger partial charge in [-0.3, -0.25) is 14.9 Å². The van der Waals surface area contributed by atoms with E-state index in [1.54, 1.807) is 13.0 Å². The van der Waals surface area contributed by atoms with Crippen LogP contribution in [0.2, 0.25) is 5.02 Å². The van der Waals surface area contributed by atoms with E-state index >= 15 is 0 Å². The lowest BCUT2D eigenvalue weighted by atomic mass is 10.1. The standard InChI is InChI=1S/C10H7ClN2O3/c1-5-7(11)3-2-6-9(5)12-4-8(10(6)14)13(15)16/h2-4H,1H3,(H,12,14). The molecule has 0 amide bonds. The normalized spacial score (nSPS) is 10.6. The minimum atomic E-state index is -0.706. The highest BCUT2D eigenvalue weighted by Crippen LogP contribution is 2.22. The molecule has 0 bridgehead atoms. The Balaban J connectivity index is 2.93. The van der Waals surface area contributed by atoms with E-state index in [4.69, 9.17) is 11.6 Å². The molecule has 0 fully saturated rings. The molecule has 0 unspecified atom stereocenters. The van der Waals surface area contributed by atoms with E-state index in [0.29, 0.717) is 16.1 Å². The van der Waals surface area contributed by atoms with Crippen LogP contribution < -0.4 is 5.43 Å². The van der Waals surface area contributed by atoms with Crippen LogP contribution in [0.3, 0.4) is 0 Å². The van der Waals surface area contributed by atoms with Crippen molar-refractivity contribution < 1.29 is 4.92 Å². The van der Waals surface area contributed by atoms with Gasteiger partial charge in [-0.2, -0.15) is 0 Å². The monoisotopic (exact) mass is 238 g/mol. The van der Waals surface area contributed by atoms with Crippen LogP contribution in [0.5, 0.6) is 0 Å². The Morgan fingerprint density at radius 2 is 2.12 bits per heavy atom. The molecule has 82 valence electrons. The van der Waals surface area contributed by atoms with Crippen LogP contribution in [0, 0.1) is 17.0 Å². The number of aromatic nitrogens is 1. The zero-order valence-corrected chi connectivity index (χ0v) is 9.04. The third-order valence-electron chi connectivity index (χ3n) is 2.43. The quantitative estimate of drug-likeness (QED) is 0.612. The molecule has 0 saturated carbocycles. The second-order valence-corrected chi connectivity index (χ2v) is 3.76. The fourth-order valence-electron chi connectivity index (χ4n) is 1.54. The van der Waals surface area contributed by atoms with Gasteiger partial charge in [0.1, 0.15) is 0 Å². The third-order valence-corrected chi connectivity index (χ3v) is 2.84. The molecule has 0 radical (unpaired) electrons. The highest BCUT2D eigenvalue weighted by molar-refractivity contribution is 6.32. The SMILES string of the molecule is Cc1c(Cl)ccc2c(=O)c([N+](=O)[O-])c[nH]c12. The van der Waals surface area contributed by atoms with Crippen molar-refractivity contribution in [3.8, 4) is 0 Å². The zero-order valence-electron chi connectivity index (χ0n) is 8.28. The minimum Gasteiger partial charge on any atom is -0.355 e. The Hall–Kier alpha value is -1.88. The number of hydrogen-bond donors (Lipinski definition) is 1. The minimum absolute atomic E-state index is 0.274. The van der Waals surface area contributed by atoms with Crippen molar-refractivity contribution in [2.24, 2.45) is 0 Å². The van der Waals surface area contributed by atoms with Crippen LogP contribution in [0.1, 0.15) is 5.56 Å². The first-order valence-electron chi connectivity index (χ1n) is 4.47. The number of rotatable bonds is 1. The number of nitrogens with zero attached hydrogens (tertiary/aromatic N) is 1. The molecule has 6 heteroatoms. The predicted octanol–water partition coefficient (Wildman–Crippen LogP) is 2.40. The van der Waals surface area contributed by atoms with Crippen molar-refractivity contribution in [1.82, 2.24) is 4.98 Å². The molecule has 1 aromatic carbocycles. The molecule has 0 aliphatic heterocycles. The van der Waals surface area contributed by atoms with E-state index in [1.807, 2.05) is 0 Å². The number of H-pyrrole nitrogens is 1. The smallest absolute Gasteiger partial charge is 0.332 e. The number of aryl methyl sites for hydroxylation is 1. The van der Waals surface area contributed by atoms with Gasteiger partial charge in [0.05, 0.1) is 22.0 Å². The summed E-state index contributed by atoms with van der Waals surface area (Å²) in [5.41, 5.74) is 0.169. The van der Waals surface area contributed by atoms with E-state index in [2.05, 4.69) is 4.98 Å². The van der Waals surface area contributed by atoms with Gasteiger partial charge >= 0.3 is 5.69 Å². The lowest BCUT2D eigenvalue weighted by molar-refractivity contribution is -0.386. The fraction of sp³-hybridized carbons (Fsp3) is 0.100. The molecule has 0 spiro atoms. The molecule has 0 atom stereocenters. The fourth-order valence-corrected chi connectivity index (χ4v) is 1.70. The van der Waals surface area contributed by atoms with Gasteiger partial charge in [-0.1, -0.05) is 11.6 Å². The largest absolute Gasteiger partial charge is 0.355 e. The molecule has 2 aromatic rings. The van der Waals surface area contributed by atoms with Crippen molar-refractivity contribution in [1.29, 1.82) is 0 Å². The van der Waals surface area contributed by atoms with Gasteiger partial charge in [0, 0.05) is 5.02 Å². The highest BCUT2D eigenvalue weighted by Gasteiger charge is 2.15. The van der Waals surface area contributed by atoms with Crippen molar-refractivity contribution in [2.75, 3.05) is 0 Å². The van der Waals surface area contributed by atoms with Crippen molar-refractivity contribution in [3.63, 3.8) is 0 Å². The third kappa shape index (κ3) is 1.45. The molecule has 2 rings (SSSR count). The summed E-state index contributed by atoms with van der Waals surface area (Å²) in [5, 5.41) is 11.4. The number of pyridine rings is 1. The maximum atomic E-state index is 11.7. The molecular weight excluding hydrogens is 232 g/mol. The van der Waals surface area contributed by atoms with Gasteiger partial charge in [0.15, 0.2) is 0 Å². The van der Waals surface area contributed by atoms with Gasteiger partial charge < -0.3 is 4.98 Å². The Morgan fingerprint density at radius 1 is 1.44 bits per heavy atom. The average Bonchev–Trinajstić information content (AvgIpc) is 2.23. The molecule has 0 saturated heterocycles. The first kappa shape index (κ1) is 10.6. The summed E-state index contributed by atoms with van der Waals surface area (Å²) in [6.07, 6.45) is 1.09. The Labute approximate surface area is 94.8 Å².